The van der Waals surface area contributed by atoms with Crippen molar-refractivity contribution >= 4 is 29.1 Å². The number of hydrogen-bond donors (Lipinski definition) is 1. The molecule has 0 aromatic heterocycles. The van der Waals surface area contributed by atoms with Crippen molar-refractivity contribution in [2.75, 3.05) is 25.7 Å². The Kier molecular flexibility index (Phi) is 8.04. The molecule has 3 aromatic rings. The highest BCUT2D eigenvalue weighted by atomic mass is 16.5. The number of rotatable bonds is 8. The van der Waals surface area contributed by atoms with E-state index in [0.29, 0.717) is 34.9 Å². The number of ether oxygens (including phenoxy) is 3. The molecule has 1 fully saturated rings. The fourth-order valence-corrected chi connectivity index (χ4v) is 4.72. The van der Waals surface area contributed by atoms with E-state index >= 15 is 0 Å². The summed E-state index contributed by atoms with van der Waals surface area (Å²) in [6.07, 6.45) is 0. The third-order valence-corrected chi connectivity index (χ3v) is 6.60. The van der Waals surface area contributed by atoms with E-state index in [1.54, 1.807) is 60.7 Å². The van der Waals surface area contributed by atoms with Crippen LogP contribution >= 0.6 is 0 Å². The molecule has 1 aliphatic heterocycles. The number of aliphatic hydroxyl groups is 1. The van der Waals surface area contributed by atoms with Crippen LogP contribution in [0, 0.1) is 0 Å². The standard InChI is InChI=1S/C31H31NO7/c1-6-39-25-14-13-20(17-24(25)18(2)3)28(33)26-27(19-9-8-12-23(16-19)37-4)32(30(35)29(26)34)22-11-7-10-21(15-22)31(36)38-5/h7-18,27,33H,6H2,1-5H3/b28-26-. The summed E-state index contributed by atoms with van der Waals surface area (Å²) in [7, 11) is 2.78. The molecule has 39 heavy (non-hydrogen) atoms. The van der Waals surface area contributed by atoms with E-state index in [4.69, 9.17) is 14.2 Å². The van der Waals surface area contributed by atoms with Crippen molar-refractivity contribution in [1.29, 1.82) is 0 Å². The van der Waals surface area contributed by atoms with Crippen molar-refractivity contribution in [3.8, 4) is 11.5 Å². The second-order valence-corrected chi connectivity index (χ2v) is 9.33. The molecule has 0 radical (unpaired) electrons. The number of Topliss-reactive ketones (excluding diaryl/α,β-unsaturated/α-hetero) is 1. The third-order valence-electron chi connectivity index (χ3n) is 6.60. The van der Waals surface area contributed by atoms with Gasteiger partial charge >= 0.3 is 5.97 Å². The topological polar surface area (TPSA) is 102 Å². The summed E-state index contributed by atoms with van der Waals surface area (Å²) in [5, 5.41) is 11.6. The lowest BCUT2D eigenvalue weighted by Gasteiger charge is -2.26. The SMILES string of the molecule is CCOc1ccc(/C(O)=C2/C(=O)C(=O)N(c3cccc(C(=O)OC)c3)C2c2cccc(OC)c2)cc1C(C)C. The minimum absolute atomic E-state index is 0.0735. The Hall–Kier alpha value is -4.59. The summed E-state index contributed by atoms with van der Waals surface area (Å²) in [5.74, 6) is -1.28. The molecular weight excluding hydrogens is 498 g/mol. The van der Waals surface area contributed by atoms with Gasteiger partial charge in [-0.15, -0.1) is 0 Å². The van der Waals surface area contributed by atoms with Gasteiger partial charge in [0, 0.05) is 11.3 Å². The van der Waals surface area contributed by atoms with Gasteiger partial charge in [0.1, 0.15) is 17.3 Å². The van der Waals surface area contributed by atoms with Crippen LogP contribution in [0.3, 0.4) is 0 Å². The summed E-state index contributed by atoms with van der Waals surface area (Å²) in [6.45, 7) is 6.38. The molecule has 1 unspecified atom stereocenters. The molecule has 0 aliphatic carbocycles. The van der Waals surface area contributed by atoms with Crippen LogP contribution < -0.4 is 14.4 Å². The first-order valence-corrected chi connectivity index (χ1v) is 12.6. The van der Waals surface area contributed by atoms with Crippen LogP contribution in [0.4, 0.5) is 5.69 Å². The first-order chi connectivity index (χ1) is 18.7. The summed E-state index contributed by atoms with van der Waals surface area (Å²) < 4.78 is 16.0. The maximum absolute atomic E-state index is 13.5. The maximum atomic E-state index is 13.5. The quantitative estimate of drug-likeness (QED) is 0.175. The summed E-state index contributed by atoms with van der Waals surface area (Å²) >= 11 is 0. The van der Waals surface area contributed by atoms with Crippen LogP contribution in [-0.4, -0.2) is 43.6 Å². The largest absolute Gasteiger partial charge is 0.507 e. The Bertz CT molecular complexity index is 1460. The average Bonchev–Trinajstić information content (AvgIpc) is 3.22. The number of hydrogen-bond acceptors (Lipinski definition) is 7. The smallest absolute Gasteiger partial charge is 0.337 e. The molecule has 1 atom stereocenters. The molecule has 4 rings (SSSR count). The number of amides is 1. The van der Waals surface area contributed by atoms with Crippen molar-refractivity contribution in [3.05, 3.63) is 94.6 Å². The fourth-order valence-electron chi connectivity index (χ4n) is 4.72. The van der Waals surface area contributed by atoms with Crippen molar-refractivity contribution in [2.45, 2.75) is 32.7 Å². The Balaban J connectivity index is 1.95. The van der Waals surface area contributed by atoms with Crippen LogP contribution in [0.2, 0.25) is 0 Å². The lowest BCUT2D eigenvalue weighted by Crippen LogP contribution is -2.29. The Morgan fingerprint density at radius 1 is 0.974 bits per heavy atom. The van der Waals surface area contributed by atoms with E-state index in [-0.39, 0.29) is 22.8 Å². The predicted octanol–water partition coefficient (Wildman–Crippen LogP) is 5.63. The van der Waals surface area contributed by atoms with Gasteiger partial charge in [0.15, 0.2) is 0 Å². The van der Waals surface area contributed by atoms with E-state index in [0.717, 1.165) is 5.56 Å². The van der Waals surface area contributed by atoms with Gasteiger partial charge in [-0.3, -0.25) is 14.5 Å². The normalized spacial score (nSPS) is 16.5. The minimum Gasteiger partial charge on any atom is -0.507 e. The van der Waals surface area contributed by atoms with Crippen molar-refractivity contribution in [3.63, 3.8) is 0 Å². The zero-order valence-corrected chi connectivity index (χ0v) is 22.6. The lowest BCUT2D eigenvalue weighted by atomic mass is 9.93. The van der Waals surface area contributed by atoms with Crippen LogP contribution in [-0.2, 0) is 14.3 Å². The first-order valence-electron chi connectivity index (χ1n) is 12.6. The highest BCUT2D eigenvalue weighted by molar-refractivity contribution is 6.51. The van der Waals surface area contributed by atoms with Crippen LogP contribution in [0.15, 0.2) is 72.3 Å². The number of aliphatic hydroxyl groups excluding tert-OH is 1. The summed E-state index contributed by atoms with van der Waals surface area (Å²) in [5.41, 5.74) is 2.25. The van der Waals surface area contributed by atoms with Crippen molar-refractivity contribution in [1.82, 2.24) is 0 Å². The number of anilines is 1. The molecule has 1 saturated heterocycles. The number of esters is 1. The Morgan fingerprint density at radius 3 is 2.38 bits per heavy atom. The minimum atomic E-state index is -0.984. The van der Waals surface area contributed by atoms with E-state index in [2.05, 4.69) is 0 Å². The number of nitrogens with zero attached hydrogens (tertiary/aromatic N) is 1. The molecule has 8 nitrogen and oxygen atoms in total. The van der Waals surface area contributed by atoms with Gasteiger partial charge in [0.25, 0.3) is 11.7 Å². The highest BCUT2D eigenvalue weighted by Crippen LogP contribution is 2.43. The molecule has 3 aromatic carbocycles. The molecule has 202 valence electrons. The third kappa shape index (κ3) is 5.23. The lowest BCUT2D eigenvalue weighted by molar-refractivity contribution is -0.132. The van der Waals surface area contributed by atoms with Gasteiger partial charge in [-0.05, 0) is 72.5 Å². The predicted molar refractivity (Wildman–Crippen MR) is 147 cm³/mol. The van der Waals surface area contributed by atoms with Gasteiger partial charge in [0.05, 0.1) is 38.0 Å². The average molecular weight is 530 g/mol. The zero-order chi connectivity index (χ0) is 28.3. The zero-order valence-electron chi connectivity index (χ0n) is 22.6. The molecule has 1 N–H and O–H groups in total. The summed E-state index contributed by atoms with van der Waals surface area (Å²) in [6, 6.07) is 17.4. The second-order valence-electron chi connectivity index (χ2n) is 9.33. The number of carbonyl (C=O) groups is 3. The van der Waals surface area contributed by atoms with E-state index in [1.807, 2.05) is 20.8 Å². The molecule has 0 bridgehead atoms. The van der Waals surface area contributed by atoms with E-state index in [9.17, 15) is 19.5 Å². The van der Waals surface area contributed by atoms with Crippen LogP contribution in [0.1, 0.15) is 59.8 Å². The first kappa shape index (κ1) is 27.4. The summed E-state index contributed by atoms with van der Waals surface area (Å²) in [4.78, 5) is 40.6. The Labute approximate surface area is 227 Å². The molecule has 1 aliphatic rings. The van der Waals surface area contributed by atoms with Gasteiger partial charge in [0.2, 0.25) is 0 Å². The number of ketones is 1. The Morgan fingerprint density at radius 2 is 1.72 bits per heavy atom. The number of methoxy groups -OCH3 is 2. The molecule has 0 spiro atoms. The fraction of sp³-hybridized carbons (Fsp3) is 0.258. The maximum Gasteiger partial charge on any atom is 0.337 e. The monoisotopic (exact) mass is 529 g/mol. The van der Waals surface area contributed by atoms with E-state index < -0.39 is 23.7 Å². The van der Waals surface area contributed by atoms with Gasteiger partial charge < -0.3 is 19.3 Å². The molecule has 8 heteroatoms. The number of carbonyl (C=O) groups excluding carboxylic acids is 3. The molecule has 1 amide bonds. The molecular formula is C31H31NO7. The second kappa shape index (κ2) is 11.4. The van der Waals surface area contributed by atoms with Crippen LogP contribution in [0.5, 0.6) is 11.5 Å². The van der Waals surface area contributed by atoms with Gasteiger partial charge in [-0.2, -0.15) is 0 Å². The molecule has 0 saturated carbocycles. The molecule has 1 heterocycles. The van der Waals surface area contributed by atoms with Crippen molar-refractivity contribution < 1.29 is 33.7 Å². The van der Waals surface area contributed by atoms with Crippen LogP contribution in [0.25, 0.3) is 5.76 Å². The van der Waals surface area contributed by atoms with Gasteiger partial charge in [-0.25, -0.2) is 4.79 Å². The van der Waals surface area contributed by atoms with Gasteiger partial charge in [-0.1, -0.05) is 32.0 Å². The number of benzene rings is 3. The highest BCUT2D eigenvalue weighted by Gasteiger charge is 2.47. The van der Waals surface area contributed by atoms with Crippen molar-refractivity contribution in [2.24, 2.45) is 0 Å². The van der Waals surface area contributed by atoms with E-state index in [1.165, 1.54) is 25.2 Å².